The van der Waals surface area contributed by atoms with Crippen LogP contribution in [0, 0.1) is 0 Å². The second-order valence-electron chi connectivity index (χ2n) is 13.0. The highest BCUT2D eigenvalue weighted by Crippen LogP contribution is 2.25. The maximum atomic E-state index is 3.81. The van der Waals surface area contributed by atoms with Crippen molar-refractivity contribution < 1.29 is 0 Å². The van der Waals surface area contributed by atoms with Crippen LogP contribution in [0.4, 0.5) is 22.7 Å². The fourth-order valence-corrected chi connectivity index (χ4v) is 5.99. The lowest BCUT2D eigenvalue weighted by Gasteiger charge is -2.14. The standard InChI is InChI=1S/C28H43N.C18H19N/c1-3-5-7-9-11-13-15-25-17-21-27(22-18-25)29-28-23-19-26(20-24-28)16-14-12-10-8-6-4-2;1-3-9-15-11-5-7-13-17(15)19-18-14-8-6-12-16(18)10-4-2/h17-24,29H,3-16H2,1-2H3;3-8,11-14,19H,1-2,9-10H2. The van der Waals surface area contributed by atoms with Gasteiger partial charge in [0.15, 0.2) is 0 Å². The van der Waals surface area contributed by atoms with Gasteiger partial charge in [0.1, 0.15) is 0 Å². The van der Waals surface area contributed by atoms with E-state index in [1.807, 2.05) is 24.3 Å². The zero-order valence-corrected chi connectivity index (χ0v) is 30.1. The third-order valence-corrected chi connectivity index (χ3v) is 8.87. The van der Waals surface area contributed by atoms with Crippen LogP contribution in [0.15, 0.2) is 122 Å². The molecular formula is C46H62N2. The highest BCUT2D eigenvalue weighted by atomic mass is 14.9. The summed E-state index contributed by atoms with van der Waals surface area (Å²) in [5.41, 5.74) is 10.1. The second kappa shape index (κ2) is 24.2. The quantitative estimate of drug-likeness (QED) is 0.0658. The van der Waals surface area contributed by atoms with Crippen molar-refractivity contribution in [3.63, 3.8) is 0 Å². The molecule has 256 valence electrons. The van der Waals surface area contributed by atoms with Crippen molar-refractivity contribution in [2.75, 3.05) is 10.6 Å². The van der Waals surface area contributed by atoms with Crippen LogP contribution in [0.2, 0.25) is 0 Å². The number of benzene rings is 4. The van der Waals surface area contributed by atoms with Gasteiger partial charge < -0.3 is 10.6 Å². The highest BCUT2D eigenvalue weighted by molar-refractivity contribution is 5.66. The normalized spacial score (nSPS) is 10.5. The van der Waals surface area contributed by atoms with Gasteiger partial charge in [-0.25, -0.2) is 0 Å². The first-order valence-electron chi connectivity index (χ1n) is 18.8. The number of rotatable bonds is 22. The van der Waals surface area contributed by atoms with E-state index in [0.29, 0.717) is 0 Å². The summed E-state index contributed by atoms with van der Waals surface area (Å²) < 4.78 is 0. The SMILES string of the molecule is C=CCc1ccccc1Nc1ccccc1CC=C.CCCCCCCCc1ccc(Nc2ccc(CCCCCCCC)cc2)cc1. The number of allylic oxidation sites excluding steroid dienone is 2. The number of aryl methyl sites for hydroxylation is 2. The van der Waals surface area contributed by atoms with E-state index in [1.54, 1.807) is 0 Å². The first kappa shape index (κ1) is 38.4. The maximum absolute atomic E-state index is 3.81. The van der Waals surface area contributed by atoms with Gasteiger partial charge in [0.05, 0.1) is 0 Å². The van der Waals surface area contributed by atoms with Crippen molar-refractivity contribution in [3.8, 4) is 0 Å². The van der Waals surface area contributed by atoms with Crippen LogP contribution in [0.25, 0.3) is 0 Å². The van der Waals surface area contributed by atoms with Crippen molar-refractivity contribution in [2.24, 2.45) is 0 Å². The summed E-state index contributed by atoms with van der Waals surface area (Å²) in [5.74, 6) is 0. The lowest BCUT2D eigenvalue weighted by Crippen LogP contribution is -1.98. The first-order chi connectivity index (χ1) is 23.7. The van der Waals surface area contributed by atoms with E-state index in [-0.39, 0.29) is 0 Å². The van der Waals surface area contributed by atoms with Crippen LogP contribution >= 0.6 is 0 Å². The minimum atomic E-state index is 0.868. The van der Waals surface area contributed by atoms with Gasteiger partial charge >= 0.3 is 0 Å². The van der Waals surface area contributed by atoms with Crippen LogP contribution in [-0.2, 0) is 25.7 Å². The van der Waals surface area contributed by atoms with Gasteiger partial charge in [-0.1, -0.05) is 151 Å². The molecule has 2 N–H and O–H groups in total. The van der Waals surface area contributed by atoms with E-state index in [1.165, 1.54) is 124 Å². The van der Waals surface area contributed by atoms with E-state index in [2.05, 4.69) is 123 Å². The monoisotopic (exact) mass is 642 g/mol. The molecule has 0 heterocycles. The Morgan fingerprint density at radius 3 is 1.21 bits per heavy atom. The van der Waals surface area contributed by atoms with Crippen LogP contribution in [0.5, 0.6) is 0 Å². The van der Waals surface area contributed by atoms with Gasteiger partial charge in [0.25, 0.3) is 0 Å². The third kappa shape index (κ3) is 15.2. The number of anilines is 4. The number of para-hydroxylation sites is 2. The number of nitrogens with one attached hydrogen (secondary N) is 2. The second-order valence-corrected chi connectivity index (χ2v) is 13.0. The maximum Gasteiger partial charge on any atom is 0.0420 e. The molecule has 0 saturated heterocycles. The Kier molecular flexibility index (Phi) is 19.3. The summed E-state index contributed by atoms with van der Waals surface area (Å²) in [5, 5.41) is 7.05. The zero-order chi connectivity index (χ0) is 34.1. The Hall–Kier alpha value is -4.04. The average molecular weight is 643 g/mol. The minimum Gasteiger partial charge on any atom is -0.356 e. The molecule has 0 unspecified atom stereocenters. The lowest BCUT2D eigenvalue weighted by atomic mass is 10.0. The Balaban J connectivity index is 0.000000284. The molecule has 0 aliphatic heterocycles. The Morgan fingerprint density at radius 2 is 0.812 bits per heavy atom. The highest BCUT2D eigenvalue weighted by Gasteiger charge is 2.04. The summed E-state index contributed by atoms with van der Waals surface area (Å²) in [6.07, 6.45) is 24.4. The van der Waals surface area contributed by atoms with Crippen molar-refractivity contribution in [2.45, 2.75) is 117 Å². The molecule has 4 aromatic rings. The van der Waals surface area contributed by atoms with Crippen molar-refractivity contribution in [3.05, 3.63) is 145 Å². The first-order valence-corrected chi connectivity index (χ1v) is 18.8. The smallest absolute Gasteiger partial charge is 0.0420 e. The predicted octanol–water partition coefficient (Wildman–Crippen LogP) is 14.1. The topological polar surface area (TPSA) is 24.1 Å². The summed E-state index contributed by atoms with van der Waals surface area (Å²) in [7, 11) is 0. The van der Waals surface area contributed by atoms with Gasteiger partial charge in [-0.05, 0) is 97.2 Å². The van der Waals surface area contributed by atoms with Gasteiger partial charge in [-0.2, -0.15) is 0 Å². The molecule has 0 fully saturated rings. The van der Waals surface area contributed by atoms with Gasteiger partial charge in [-0.3, -0.25) is 0 Å². The largest absolute Gasteiger partial charge is 0.356 e. The number of unbranched alkanes of at least 4 members (excludes halogenated alkanes) is 10. The van der Waals surface area contributed by atoms with E-state index in [9.17, 15) is 0 Å². The molecule has 4 aromatic carbocycles. The fourth-order valence-electron chi connectivity index (χ4n) is 5.99. The summed E-state index contributed by atoms with van der Waals surface area (Å²) in [4.78, 5) is 0. The molecular weight excluding hydrogens is 581 g/mol. The third-order valence-electron chi connectivity index (χ3n) is 8.87. The Labute approximate surface area is 293 Å². The summed E-state index contributed by atoms with van der Waals surface area (Å²) in [6, 6.07) is 34.6. The molecule has 0 amide bonds. The molecule has 0 aliphatic carbocycles. The molecule has 2 heteroatoms. The zero-order valence-electron chi connectivity index (χ0n) is 30.1. The molecule has 0 aliphatic rings. The van der Waals surface area contributed by atoms with Gasteiger partial charge in [0, 0.05) is 22.7 Å². The average Bonchev–Trinajstić information content (AvgIpc) is 3.11. The van der Waals surface area contributed by atoms with E-state index >= 15 is 0 Å². The summed E-state index contributed by atoms with van der Waals surface area (Å²) in [6.45, 7) is 12.2. The Morgan fingerprint density at radius 1 is 0.438 bits per heavy atom. The number of hydrogen-bond donors (Lipinski definition) is 2. The van der Waals surface area contributed by atoms with Crippen LogP contribution in [0.1, 0.15) is 113 Å². The van der Waals surface area contributed by atoms with Gasteiger partial charge in [-0.15, -0.1) is 13.2 Å². The van der Waals surface area contributed by atoms with Crippen LogP contribution in [0.3, 0.4) is 0 Å². The summed E-state index contributed by atoms with van der Waals surface area (Å²) >= 11 is 0. The Bertz CT molecular complexity index is 1310. The van der Waals surface area contributed by atoms with Crippen molar-refractivity contribution in [1.29, 1.82) is 0 Å². The lowest BCUT2D eigenvalue weighted by molar-refractivity contribution is 0.607. The molecule has 0 bridgehead atoms. The minimum absolute atomic E-state index is 0.868. The van der Waals surface area contributed by atoms with Crippen LogP contribution in [-0.4, -0.2) is 0 Å². The van der Waals surface area contributed by atoms with Crippen molar-refractivity contribution >= 4 is 22.7 Å². The molecule has 0 atom stereocenters. The molecule has 0 saturated carbocycles. The van der Waals surface area contributed by atoms with Crippen LogP contribution < -0.4 is 10.6 Å². The fraction of sp³-hybridized carbons (Fsp3) is 0.391. The molecule has 2 nitrogen and oxygen atoms in total. The molecule has 48 heavy (non-hydrogen) atoms. The molecule has 0 aromatic heterocycles. The van der Waals surface area contributed by atoms with Crippen molar-refractivity contribution in [1.82, 2.24) is 0 Å². The van der Waals surface area contributed by atoms with Gasteiger partial charge in [0.2, 0.25) is 0 Å². The molecule has 0 radical (unpaired) electrons. The van der Waals surface area contributed by atoms with E-state index in [4.69, 9.17) is 0 Å². The molecule has 0 spiro atoms. The van der Waals surface area contributed by atoms with E-state index in [0.717, 1.165) is 24.2 Å². The van der Waals surface area contributed by atoms with E-state index < -0.39 is 0 Å². The predicted molar refractivity (Wildman–Crippen MR) is 214 cm³/mol. The molecule has 4 rings (SSSR count). The number of hydrogen-bond acceptors (Lipinski definition) is 2.